The third kappa shape index (κ3) is 13.4. The fraction of sp³-hybridized carbons (Fsp3) is 0.933. The molecule has 0 atom stereocenters. The van der Waals surface area contributed by atoms with E-state index in [9.17, 15) is 4.79 Å². The molecule has 17 heavy (non-hydrogen) atoms. The lowest BCUT2D eigenvalue weighted by Crippen LogP contribution is -2.23. The summed E-state index contributed by atoms with van der Waals surface area (Å²) in [5.74, 6) is 0.247. The van der Waals surface area contributed by atoms with Gasteiger partial charge in [0.1, 0.15) is 0 Å². The zero-order valence-corrected chi connectivity index (χ0v) is 11.9. The van der Waals surface area contributed by atoms with Gasteiger partial charge in [-0.2, -0.15) is 0 Å². The molecule has 2 nitrogen and oxygen atoms in total. The highest BCUT2D eigenvalue weighted by Gasteiger charge is 1.99. The molecule has 0 saturated carbocycles. The van der Waals surface area contributed by atoms with E-state index in [1.807, 2.05) is 0 Å². The average molecular weight is 241 g/mol. The van der Waals surface area contributed by atoms with Crippen molar-refractivity contribution in [3.63, 3.8) is 0 Å². The summed E-state index contributed by atoms with van der Waals surface area (Å²) < 4.78 is 0. The molecule has 0 saturated heterocycles. The van der Waals surface area contributed by atoms with Gasteiger partial charge in [0.2, 0.25) is 5.91 Å². The maximum absolute atomic E-state index is 11.5. The fourth-order valence-corrected chi connectivity index (χ4v) is 1.93. The predicted octanol–water partition coefficient (Wildman–Crippen LogP) is 4.43. The molecular weight excluding hydrogens is 210 g/mol. The maximum atomic E-state index is 11.5. The highest BCUT2D eigenvalue weighted by atomic mass is 16.1. The van der Waals surface area contributed by atoms with Crippen LogP contribution in [0.3, 0.4) is 0 Å². The summed E-state index contributed by atoms with van der Waals surface area (Å²) in [7, 11) is 0. The second-order valence-corrected chi connectivity index (χ2v) is 4.93. The summed E-state index contributed by atoms with van der Waals surface area (Å²) in [6, 6.07) is 0. The standard InChI is InChI=1S/C15H31NO/c1-3-5-7-9-11-13-15(17)16-14-12-10-8-6-4-2/h3-14H2,1-2H3,(H,16,17). The minimum Gasteiger partial charge on any atom is -0.356 e. The molecule has 102 valence electrons. The Hall–Kier alpha value is -0.530. The van der Waals surface area contributed by atoms with Crippen LogP contribution in [0.2, 0.25) is 0 Å². The summed E-state index contributed by atoms with van der Waals surface area (Å²) in [5.41, 5.74) is 0. The number of carbonyl (C=O) groups is 1. The predicted molar refractivity (Wildman–Crippen MR) is 75.1 cm³/mol. The molecule has 0 heterocycles. The van der Waals surface area contributed by atoms with Crippen molar-refractivity contribution >= 4 is 5.91 Å². The fourth-order valence-electron chi connectivity index (χ4n) is 1.93. The number of carbonyl (C=O) groups excluding carboxylic acids is 1. The summed E-state index contributed by atoms with van der Waals surface area (Å²) >= 11 is 0. The molecule has 1 N–H and O–H groups in total. The van der Waals surface area contributed by atoms with E-state index in [-0.39, 0.29) is 5.91 Å². The minimum absolute atomic E-state index is 0.247. The summed E-state index contributed by atoms with van der Waals surface area (Å²) in [4.78, 5) is 11.5. The Kier molecular flexibility index (Phi) is 13.1. The van der Waals surface area contributed by atoms with E-state index < -0.39 is 0 Å². The van der Waals surface area contributed by atoms with E-state index in [4.69, 9.17) is 0 Å². The maximum Gasteiger partial charge on any atom is 0.219 e. The molecule has 0 aliphatic rings. The number of rotatable bonds is 12. The van der Waals surface area contributed by atoms with Crippen molar-refractivity contribution in [2.24, 2.45) is 0 Å². The lowest BCUT2D eigenvalue weighted by Gasteiger charge is -2.05. The van der Waals surface area contributed by atoms with Crippen molar-refractivity contribution in [1.82, 2.24) is 5.32 Å². The number of nitrogens with one attached hydrogen (secondary N) is 1. The first-order valence-electron chi connectivity index (χ1n) is 7.58. The van der Waals surface area contributed by atoms with Crippen LogP contribution in [-0.2, 0) is 4.79 Å². The Labute approximate surface area is 108 Å². The lowest BCUT2D eigenvalue weighted by molar-refractivity contribution is -0.121. The van der Waals surface area contributed by atoms with Crippen molar-refractivity contribution in [2.45, 2.75) is 84.5 Å². The molecule has 1 amide bonds. The van der Waals surface area contributed by atoms with Crippen molar-refractivity contribution in [3.05, 3.63) is 0 Å². The molecule has 0 aromatic heterocycles. The second-order valence-electron chi connectivity index (χ2n) is 4.93. The van der Waals surface area contributed by atoms with Crippen LogP contribution in [0.25, 0.3) is 0 Å². The van der Waals surface area contributed by atoms with Gasteiger partial charge in [-0.15, -0.1) is 0 Å². The van der Waals surface area contributed by atoms with E-state index in [1.54, 1.807) is 0 Å². The molecule has 0 radical (unpaired) electrons. The first-order valence-corrected chi connectivity index (χ1v) is 7.58. The quantitative estimate of drug-likeness (QED) is 0.503. The molecule has 0 spiro atoms. The van der Waals surface area contributed by atoms with Crippen LogP contribution in [0.4, 0.5) is 0 Å². The molecule has 0 rings (SSSR count). The van der Waals surface area contributed by atoms with Crippen molar-refractivity contribution in [2.75, 3.05) is 6.54 Å². The van der Waals surface area contributed by atoms with Gasteiger partial charge < -0.3 is 5.32 Å². The van der Waals surface area contributed by atoms with Crippen LogP contribution in [0.15, 0.2) is 0 Å². The monoisotopic (exact) mass is 241 g/mol. The first kappa shape index (κ1) is 16.5. The van der Waals surface area contributed by atoms with Gasteiger partial charge >= 0.3 is 0 Å². The minimum atomic E-state index is 0.247. The van der Waals surface area contributed by atoms with Crippen molar-refractivity contribution in [1.29, 1.82) is 0 Å². The van der Waals surface area contributed by atoms with E-state index in [2.05, 4.69) is 19.2 Å². The summed E-state index contributed by atoms with van der Waals surface area (Å²) in [5, 5.41) is 3.01. The van der Waals surface area contributed by atoms with E-state index in [0.29, 0.717) is 0 Å². The topological polar surface area (TPSA) is 29.1 Å². The number of hydrogen-bond donors (Lipinski definition) is 1. The molecular formula is C15H31NO. The highest BCUT2D eigenvalue weighted by molar-refractivity contribution is 5.75. The van der Waals surface area contributed by atoms with Gasteiger partial charge in [-0.05, 0) is 12.8 Å². The van der Waals surface area contributed by atoms with Crippen LogP contribution in [0.1, 0.15) is 84.5 Å². The van der Waals surface area contributed by atoms with Gasteiger partial charge in [0, 0.05) is 13.0 Å². The third-order valence-corrected chi connectivity index (χ3v) is 3.11. The Morgan fingerprint density at radius 3 is 1.88 bits per heavy atom. The molecule has 0 bridgehead atoms. The summed E-state index contributed by atoms with van der Waals surface area (Å²) in [6.45, 7) is 5.31. The molecule has 2 heteroatoms. The van der Waals surface area contributed by atoms with Crippen LogP contribution in [-0.4, -0.2) is 12.5 Å². The molecule has 0 fully saturated rings. The Morgan fingerprint density at radius 2 is 1.29 bits per heavy atom. The Morgan fingerprint density at radius 1 is 0.765 bits per heavy atom. The highest BCUT2D eigenvalue weighted by Crippen LogP contribution is 2.05. The van der Waals surface area contributed by atoms with Gasteiger partial charge in [0.05, 0.1) is 0 Å². The Balaban J connectivity index is 3.12. The first-order chi connectivity index (χ1) is 8.31. The average Bonchev–Trinajstić information content (AvgIpc) is 2.33. The van der Waals surface area contributed by atoms with Crippen LogP contribution < -0.4 is 5.32 Å². The van der Waals surface area contributed by atoms with E-state index in [1.165, 1.54) is 51.4 Å². The Bertz CT molecular complexity index is 168. The SMILES string of the molecule is CCCCCCCNC(=O)CCCCCCC. The molecule has 0 aromatic rings. The lowest BCUT2D eigenvalue weighted by atomic mass is 10.1. The zero-order valence-electron chi connectivity index (χ0n) is 11.9. The van der Waals surface area contributed by atoms with Crippen LogP contribution >= 0.6 is 0 Å². The van der Waals surface area contributed by atoms with E-state index >= 15 is 0 Å². The van der Waals surface area contributed by atoms with Gasteiger partial charge in [0.15, 0.2) is 0 Å². The van der Waals surface area contributed by atoms with E-state index in [0.717, 1.165) is 25.8 Å². The van der Waals surface area contributed by atoms with Gasteiger partial charge in [-0.3, -0.25) is 4.79 Å². The largest absolute Gasteiger partial charge is 0.356 e. The molecule has 0 aliphatic heterocycles. The zero-order chi connectivity index (χ0) is 12.8. The second kappa shape index (κ2) is 13.5. The van der Waals surface area contributed by atoms with Crippen molar-refractivity contribution in [3.8, 4) is 0 Å². The van der Waals surface area contributed by atoms with Gasteiger partial charge in [-0.25, -0.2) is 0 Å². The molecule has 0 aliphatic carbocycles. The summed E-state index contributed by atoms with van der Waals surface area (Å²) in [6.07, 6.45) is 13.1. The third-order valence-electron chi connectivity index (χ3n) is 3.11. The van der Waals surface area contributed by atoms with Crippen LogP contribution in [0, 0.1) is 0 Å². The van der Waals surface area contributed by atoms with Gasteiger partial charge in [0.25, 0.3) is 0 Å². The molecule has 0 unspecified atom stereocenters. The number of amides is 1. The van der Waals surface area contributed by atoms with Gasteiger partial charge in [-0.1, -0.05) is 65.2 Å². The number of hydrogen-bond acceptors (Lipinski definition) is 1. The molecule has 0 aromatic carbocycles. The van der Waals surface area contributed by atoms with Crippen molar-refractivity contribution < 1.29 is 4.79 Å². The smallest absolute Gasteiger partial charge is 0.219 e. The normalized spacial score (nSPS) is 10.5. The number of unbranched alkanes of at least 4 members (excludes halogenated alkanes) is 8. The van der Waals surface area contributed by atoms with Crippen LogP contribution in [0.5, 0.6) is 0 Å².